The number of hydrogen-bond acceptors (Lipinski definition) is 3. The van der Waals surface area contributed by atoms with E-state index in [1.807, 2.05) is 41.3 Å². The van der Waals surface area contributed by atoms with Gasteiger partial charge in [0.2, 0.25) is 5.91 Å². The fraction of sp³-hybridized carbons (Fsp3) is 0.300. The molecule has 0 unspecified atom stereocenters. The van der Waals surface area contributed by atoms with Crippen LogP contribution in [0.2, 0.25) is 0 Å². The number of aryl methyl sites for hydroxylation is 1. The van der Waals surface area contributed by atoms with Gasteiger partial charge in [-0.1, -0.05) is 54.5 Å². The molecule has 1 aliphatic rings. The summed E-state index contributed by atoms with van der Waals surface area (Å²) in [5.41, 5.74) is 3.01. The summed E-state index contributed by atoms with van der Waals surface area (Å²) >= 11 is 1.59. The summed E-state index contributed by atoms with van der Waals surface area (Å²) in [5, 5.41) is 0.780. The van der Waals surface area contributed by atoms with Crippen LogP contribution < -0.4 is 4.90 Å². The number of amides is 1. The van der Waals surface area contributed by atoms with Crippen LogP contribution in [0.15, 0.2) is 48.5 Å². The minimum atomic E-state index is 0.122. The molecule has 122 valence electrons. The zero-order chi connectivity index (χ0) is 16.5. The maximum atomic E-state index is 13.3. The van der Waals surface area contributed by atoms with Gasteiger partial charge in [0.15, 0.2) is 5.13 Å². The van der Waals surface area contributed by atoms with E-state index in [1.165, 1.54) is 0 Å². The highest BCUT2D eigenvalue weighted by molar-refractivity contribution is 7.22. The van der Waals surface area contributed by atoms with Gasteiger partial charge < -0.3 is 0 Å². The van der Waals surface area contributed by atoms with E-state index < -0.39 is 0 Å². The van der Waals surface area contributed by atoms with E-state index in [1.54, 1.807) is 11.3 Å². The highest BCUT2D eigenvalue weighted by Crippen LogP contribution is 2.38. The van der Waals surface area contributed by atoms with E-state index in [0.29, 0.717) is 0 Å². The maximum absolute atomic E-state index is 13.3. The summed E-state index contributed by atoms with van der Waals surface area (Å²) in [7, 11) is 0. The molecule has 0 N–H and O–H groups in total. The molecule has 3 aromatic rings. The minimum absolute atomic E-state index is 0.122. The van der Waals surface area contributed by atoms with Crippen molar-refractivity contribution >= 4 is 38.3 Å². The number of anilines is 2. The van der Waals surface area contributed by atoms with Crippen LogP contribution in [0.5, 0.6) is 0 Å². The number of nitrogens with zero attached hydrogens (tertiary/aromatic N) is 2. The molecule has 24 heavy (non-hydrogen) atoms. The molecule has 3 nitrogen and oxygen atoms in total. The summed E-state index contributed by atoms with van der Waals surface area (Å²) in [6.07, 6.45) is 4.29. The van der Waals surface area contributed by atoms with Gasteiger partial charge in [-0.2, -0.15) is 0 Å². The van der Waals surface area contributed by atoms with E-state index in [0.717, 1.165) is 52.3 Å². The highest BCUT2D eigenvalue weighted by atomic mass is 32.1. The maximum Gasteiger partial charge on any atom is 0.236 e. The van der Waals surface area contributed by atoms with Crippen molar-refractivity contribution in [1.29, 1.82) is 0 Å². The van der Waals surface area contributed by atoms with Gasteiger partial charge in [0.05, 0.1) is 15.9 Å². The first-order valence-electron chi connectivity index (χ1n) is 8.49. The van der Waals surface area contributed by atoms with Crippen LogP contribution in [-0.2, 0) is 4.79 Å². The summed E-state index contributed by atoms with van der Waals surface area (Å²) in [6, 6.07) is 16.1. The van der Waals surface area contributed by atoms with Crippen molar-refractivity contribution in [3.05, 3.63) is 54.1 Å². The number of carbonyl (C=O) groups is 1. The Balaban J connectivity index is 1.83. The van der Waals surface area contributed by atoms with Crippen molar-refractivity contribution in [2.24, 2.45) is 5.92 Å². The summed E-state index contributed by atoms with van der Waals surface area (Å²) in [4.78, 5) is 19.9. The molecule has 1 heterocycles. The van der Waals surface area contributed by atoms with E-state index in [2.05, 4.69) is 19.1 Å². The molecular formula is C20H20N2OS. The van der Waals surface area contributed by atoms with Gasteiger partial charge in [-0.25, -0.2) is 4.98 Å². The third-order valence-electron chi connectivity index (χ3n) is 4.76. The number of rotatable bonds is 3. The lowest BCUT2D eigenvalue weighted by Gasteiger charge is -2.24. The average Bonchev–Trinajstić information content (AvgIpc) is 3.26. The molecule has 0 aliphatic heterocycles. The average molecular weight is 336 g/mol. The lowest BCUT2D eigenvalue weighted by molar-refractivity contribution is -0.121. The van der Waals surface area contributed by atoms with Crippen LogP contribution in [0, 0.1) is 12.8 Å². The van der Waals surface area contributed by atoms with Crippen LogP contribution in [0.3, 0.4) is 0 Å². The minimum Gasteiger partial charge on any atom is -0.274 e. The number of carbonyl (C=O) groups excluding carboxylic acids is 1. The van der Waals surface area contributed by atoms with Crippen molar-refractivity contribution in [1.82, 2.24) is 4.98 Å². The van der Waals surface area contributed by atoms with Gasteiger partial charge in [0, 0.05) is 5.92 Å². The van der Waals surface area contributed by atoms with E-state index in [4.69, 9.17) is 4.98 Å². The fourth-order valence-electron chi connectivity index (χ4n) is 3.44. The second-order valence-electron chi connectivity index (χ2n) is 6.41. The molecule has 0 radical (unpaired) electrons. The predicted octanol–water partition coefficient (Wildman–Crippen LogP) is 5.46. The van der Waals surface area contributed by atoms with Gasteiger partial charge in [-0.05, 0) is 43.5 Å². The molecule has 4 rings (SSSR count). The van der Waals surface area contributed by atoms with Gasteiger partial charge in [-0.3, -0.25) is 9.69 Å². The third-order valence-corrected chi connectivity index (χ3v) is 5.78. The van der Waals surface area contributed by atoms with Crippen molar-refractivity contribution in [2.45, 2.75) is 32.6 Å². The topological polar surface area (TPSA) is 33.2 Å². The van der Waals surface area contributed by atoms with Crippen LogP contribution in [0.1, 0.15) is 31.2 Å². The van der Waals surface area contributed by atoms with E-state index in [9.17, 15) is 4.79 Å². The van der Waals surface area contributed by atoms with Crippen LogP contribution >= 0.6 is 11.3 Å². The summed E-state index contributed by atoms with van der Waals surface area (Å²) in [6.45, 7) is 2.05. The fourth-order valence-corrected chi connectivity index (χ4v) is 4.43. The SMILES string of the molecule is Cc1ccccc1N(C(=O)C1CCCC1)c1nc2ccccc2s1. The second kappa shape index (κ2) is 6.36. The van der Waals surface area contributed by atoms with Crippen molar-refractivity contribution in [2.75, 3.05) is 4.90 Å². The Morgan fingerprint density at radius 2 is 1.79 bits per heavy atom. The van der Waals surface area contributed by atoms with E-state index >= 15 is 0 Å². The second-order valence-corrected chi connectivity index (χ2v) is 7.41. The molecule has 1 saturated carbocycles. The van der Waals surface area contributed by atoms with Gasteiger partial charge in [0.1, 0.15) is 0 Å². The monoisotopic (exact) mass is 336 g/mol. The number of benzene rings is 2. The summed E-state index contributed by atoms with van der Waals surface area (Å²) < 4.78 is 1.12. The number of fused-ring (bicyclic) bond motifs is 1. The molecule has 0 spiro atoms. The molecule has 4 heteroatoms. The predicted molar refractivity (Wildman–Crippen MR) is 99.9 cm³/mol. The quantitative estimate of drug-likeness (QED) is 0.636. The lowest BCUT2D eigenvalue weighted by Crippen LogP contribution is -2.31. The molecule has 1 aliphatic carbocycles. The molecule has 0 atom stereocenters. The van der Waals surface area contributed by atoms with Crippen LogP contribution in [0.4, 0.5) is 10.8 Å². The van der Waals surface area contributed by atoms with Gasteiger partial charge >= 0.3 is 0 Å². The molecule has 1 aromatic heterocycles. The van der Waals surface area contributed by atoms with Crippen molar-refractivity contribution in [3.63, 3.8) is 0 Å². The Kier molecular flexibility index (Phi) is 4.07. The van der Waals surface area contributed by atoms with Crippen LogP contribution in [-0.4, -0.2) is 10.9 Å². The van der Waals surface area contributed by atoms with Crippen LogP contribution in [0.25, 0.3) is 10.2 Å². The zero-order valence-electron chi connectivity index (χ0n) is 13.7. The molecular weight excluding hydrogens is 316 g/mol. The number of para-hydroxylation sites is 2. The smallest absolute Gasteiger partial charge is 0.236 e. The summed E-state index contributed by atoms with van der Waals surface area (Å²) in [5.74, 6) is 0.317. The Morgan fingerprint density at radius 1 is 1.08 bits per heavy atom. The molecule has 1 amide bonds. The molecule has 1 fully saturated rings. The number of aromatic nitrogens is 1. The van der Waals surface area contributed by atoms with E-state index in [-0.39, 0.29) is 11.8 Å². The highest BCUT2D eigenvalue weighted by Gasteiger charge is 2.31. The Labute approximate surface area is 146 Å². The third kappa shape index (κ3) is 2.71. The number of hydrogen-bond donors (Lipinski definition) is 0. The van der Waals surface area contributed by atoms with Gasteiger partial charge in [-0.15, -0.1) is 0 Å². The Bertz CT molecular complexity index is 847. The van der Waals surface area contributed by atoms with Crippen molar-refractivity contribution in [3.8, 4) is 0 Å². The van der Waals surface area contributed by atoms with Gasteiger partial charge in [0.25, 0.3) is 0 Å². The largest absolute Gasteiger partial charge is 0.274 e. The normalized spacial score (nSPS) is 15.0. The number of thiazole rings is 1. The first-order chi connectivity index (χ1) is 11.7. The Morgan fingerprint density at radius 3 is 2.54 bits per heavy atom. The standard InChI is InChI=1S/C20H20N2OS/c1-14-8-2-6-12-17(14)22(19(23)15-9-3-4-10-15)20-21-16-11-5-7-13-18(16)24-20/h2,5-8,11-13,15H,3-4,9-10H2,1H3. The molecule has 2 aromatic carbocycles. The Hall–Kier alpha value is -2.20. The first kappa shape index (κ1) is 15.3. The molecule has 0 bridgehead atoms. The van der Waals surface area contributed by atoms with Crippen molar-refractivity contribution < 1.29 is 4.79 Å². The molecule has 0 saturated heterocycles. The first-order valence-corrected chi connectivity index (χ1v) is 9.31. The lowest BCUT2D eigenvalue weighted by atomic mass is 10.1. The zero-order valence-corrected chi connectivity index (χ0v) is 14.6.